The maximum Gasteiger partial charge on any atom is 0.330 e. The third-order valence-electron chi connectivity index (χ3n) is 20.9. The number of hydrogen-bond donors (Lipinski definition) is 21. The highest BCUT2D eigenvalue weighted by atomic mass is 35.5. The molecule has 7 heterocycles. The number of hydrogen-bond acceptors (Lipinski definition) is 29. The average molecular weight is 1690 g/mol. The van der Waals surface area contributed by atoms with Gasteiger partial charge < -0.3 is 143 Å². The Kier molecular flexibility index (Phi) is 28.8. The number of aliphatic hydroxyl groups excluding tert-OH is 5. The molecule has 0 spiro atoms. The predicted molar refractivity (Wildman–Crippen MR) is 427 cm³/mol. The summed E-state index contributed by atoms with van der Waals surface area (Å²) in [5.41, 5.74) is 10.0. The van der Waals surface area contributed by atoms with E-state index in [9.17, 15) is 60.0 Å². The first-order valence-corrected chi connectivity index (χ1v) is 39.0. The predicted octanol–water partition coefficient (Wildman–Crippen LogP) is 1.39. The summed E-state index contributed by atoms with van der Waals surface area (Å²) in [6, 6.07) is 4.18. The molecular formula is C81H100ClN13O25. The summed E-state index contributed by atoms with van der Waals surface area (Å²) >= 11 is 7.19. The Morgan fingerprint density at radius 1 is 0.683 bits per heavy atom. The van der Waals surface area contributed by atoms with Crippen molar-refractivity contribution in [2.45, 2.75) is 170 Å². The number of fused-ring (bicyclic) bond motifs is 15. The van der Waals surface area contributed by atoms with Gasteiger partial charge in [-0.1, -0.05) is 43.6 Å². The molecule has 13 rings (SSSR count). The second kappa shape index (κ2) is 38.5. The standard InChI is InChI=1S/C81H100ClN13O25/c1-34(2)20-49(87-9)72(104)94-63-65(99)39-11-14-52(35(3)21-39)116-54-25-41-26-55(69(54)120-79-70(68(102)67(101)56(33-83)118-79)119-58-32-81(6,84)71(103)37(5)115-58)117-53-15-12-40(24-48(53)82)66(100)64-77(109)93-62(78(110)111)47-29-43(96)22-36(4)59(47)46-23-38(10-13-51(46)97)60(74(106)95-64)92-75(107)61(41)91-73(105)50(89-76(63)108)31-57(98)90-80(112)88-42-27-44(113-18-16-85-7)30-45(28-42)114-19-17-86-8/h10-15,21-30,34,37,49-50,56,58,60-68,70-71,79,85-87,96-97,99-103H,16-20,31-33,83-84H2,1-9H3,(H,89,108)(H,91,105)(H,92,107)(H,93,109)(H,94,104)(H,95,106)(H,110,111)(H2,88,90,98,112)/t37-,49+,50-,56+,58-,60+,61+,62-,63+,64-,65+,66+,67+,68-,70+,71+,79-,81-/m0/s1. The summed E-state index contributed by atoms with van der Waals surface area (Å²) in [7, 11) is 4.91. The van der Waals surface area contributed by atoms with Crippen LogP contribution in [0.5, 0.6) is 51.7 Å². The average Bonchev–Trinajstić information content (AvgIpc) is 0.765. The highest BCUT2D eigenvalue weighted by Crippen LogP contribution is 2.49. The quantitative estimate of drug-likeness (QED) is 0.0427. The van der Waals surface area contributed by atoms with Crippen molar-refractivity contribution in [2.24, 2.45) is 17.4 Å². The van der Waals surface area contributed by atoms with Crippen molar-refractivity contribution >= 4 is 70.6 Å². The fourth-order valence-corrected chi connectivity index (χ4v) is 14.9. The minimum absolute atomic E-state index is 0.0419. The van der Waals surface area contributed by atoms with Gasteiger partial charge in [-0.05, 0) is 166 Å². The number of amides is 9. The number of aryl methyl sites for hydroxylation is 2. The Bertz CT molecular complexity index is 4820. The van der Waals surface area contributed by atoms with Gasteiger partial charge in [0.15, 0.2) is 29.9 Å². The molecule has 18 atom stereocenters. The monoisotopic (exact) mass is 1690 g/mol. The zero-order valence-electron chi connectivity index (χ0n) is 66.8. The van der Waals surface area contributed by atoms with Gasteiger partial charge in [0, 0.05) is 61.0 Å². The minimum Gasteiger partial charge on any atom is -0.508 e. The molecule has 9 amide bonds. The molecule has 0 radical (unpaired) electrons. The van der Waals surface area contributed by atoms with E-state index in [2.05, 4.69) is 58.5 Å². The number of nitrogens with one attached hydrogen (secondary N) is 11. The summed E-state index contributed by atoms with van der Waals surface area (Å²) in [4.78, 5) is 136. The van der Waals surface area contributed by atoms with Gasteiger partial charge in [-0.15, -0.1) is 0 Å². The highest BCUT2D eigenvalue weighted by Gasteiger charge is 2.52. The largest absolute Gasteiger partial charge is 0.508 e. The number of halogens is 1. The number of phenolic OH excluding ortho intramolecular Hbond substituents is 2. The number of ether oxygens (including phenoxy) is 8. The van der Waals surface area contributed by atoms with Gasteiger partial charge in [0.2, 0.25) is 53.4 Å². The Balaban J connectivity index is 1.14. The van der Waals surface area contributed by atoms with Crippen molar-refractivity contribution in [3.8, 4) is 62.9 Å². The minimum atomic E-state index is -2.38. The van der Waals surface area contributed by atoms with Crippen LogP contribution in [0, 0.1) is 19.8 Å². The number of phenols is 2. The van der Waals surface area contributed by atoms with Gasteiger partial charge in [-0.3, -0.25) is 38.9 Å². The number of carboxylic acids is 1. The topological polar surface area (TPSA) is 574 Å². The summed E-state index contributed by atoms with van der Waals surface area (Å²) in [6.45, 7) is 10.4. The summed E-state index contributed by atoms with van der Waals surface area (Å²) in [5, 5.41) is 122. The molecule has 7 aliphatic rings. The molecule has 6 aromatic rings. The molecule has 2 saturated heterocycles. The van der Waals surface area contributed by atoms with E-state index >= 15 is 24.0 Å². The van der Waals surface area contributed by atoms with Gasteiger partial charge >= 0.3 is 12.0 Å². The number of aromatic hydroxyl groups is 2. The van der Waals surface area contributed by atoms with E-state index in [-0.39, 0.29) is 105 Å². The first kappa shape index (κ1) is 89.7. The SMILES string of the molecule is CNCCOc1cc(NC(=O)NC(=O)C[C@@H]2NC(=O)[C@H](NC(=O)[C@@H](CC(C)C)NC)[C@H](O)c3ccc(c(C)c3)Oc3cc4cc(c3O[C@@H]3O[C@H](CN)[C@@H](O)[C@H](O)[C@H]3O[C@H]3C[C@](C)(N)[C@H](O)[C@H](C)O3)Oc3ccc(cc3Cl)[C@@H](O)[C@@H]3NC(=O)[C@H](NC(=O)[C@@H]4NC2=O)c2ccc(O)c(c2)-c2c(C)cc(O)cc2[C@@H](C(=O)O)NC3=O)cc(OCCNC)c1. The fraction of sp³-hybridized carbons (Fsp3) is 0.444. The van der Waals surface area contributed by atoms with Crippen LogP contribution in [0.2, 0.25) is 5.02 Å². The van der Waals surface area contributed by atoms with Crippen LogP contribution in [0.3, 0.4) is 0 Å². The van der Waals surface area contributed by atoms with Crippen LogP contribution in [0.4, 0.5) is 10.5 Å². The Morgan fingerprint density at radius 3 is 1.93 bits per heavy atom. The summed E-state index contributed by atoms with van der Waals surface area (Å²) < 4.78 is 51.2. The lowest BCUT2D eigenvalue weighted by molar-refractivity contribution is -0.330. The number of benzene rings is 6. The molecule has 0 unspecified atom stereocenters. The lowest BCUT2D eigenvalue weighted by atomic mass is 9.86. The number of imide groups is 1. The zero-order valence-corrected chi connectivity index (χ0v) is 67.6. The molecule has 0 aromatic heterocycles. The number of aliphatic hydroxyl groups is 5. The number of aliphatic carboxylic acids is 1. The van der Waals surface area contributed by atoms with Crippen LogP contribution >= 0.6 is 11.6 Å². The van der Waals surface area contributed by atoms with E-state index in [4.69, 9.17) is 61.0 Å². The molecule has 23 N–H and O–H groups in total. The van der Waals surface area contributed by atoms with Crippen LogP contribution < -0.4 is 93.6 Å². The molecule has 7 aliphatic heterocycles. The molecule has 38 nitrogen and oxygen atoms in total. The lowest BCUT2D eigenvalue weighted by Crippen LogP contribution is -2.65. The first-order valence-electron chi connectivity index (χ1n) is 38.6. The Morgan fingerprint density at radius 2 is 1.31 bits per heavy atom. The fourth-order valence-electron chi connectivity index (χ4n) is 14.6. The molecule has 0 saturated carbocycles. The molecular weight excluding hydrogens is 1590 g/mol. The van der Waals surface area contributed by atoms with Crippen LogP contribution in [-0.2, 0) is 52.6 Å². The second-order valence-corrected chi connectivity index (χ2v) is 30.9. The lowest BCUT2D eigenvalue weighted by Gasteiger charge is -2.47. The summed E-state index contributed by atoms with van der Waals surface area (Å²) in [6.07, 6.45) is -18.1. The van der Waals surface area contributed by atoms with Gasteiger partial charge in [-0.2, -0.15) is 0 Å². The molecule has 646 valence electrons. The van der Waals surface area contributed by atoms with E-state index in [1.165, 1.54) is 89.3 Å². The van der Waals surface area contributed by atoms with E-state index in [0.29, 0.717) is 13.1 Å². The van der Waals surface area contributed by atoms with E-state index in [1.54, 1.807) is 20.2 Å². The molecule has 2 fully saturated rings. The Labute approximate surface area is 693 Å². The molecule has 11 bridgehead atoms. The second-order valence-electron chi connectivity index (χ2n) is 30.5. The van der Waals surface area contributed by atoms with Crippen molar-refractivity contribution in [3.05, 3.63) is 141 Å². The number of carbonyl (C=O) groups is 9. The number of carboxylic acid groups (broad SMARTS) is 1. The van der Waals surface area contributed by atoms with Crippen molar-refractivity contribution in [1.82, 2.24) is 53.2 Å². The number of rotatable bonds is 22. The van der Waals surface area contributed by atoms with Crippen molar-refractivity contribution in [1.29, 1.82) is 0 Å². The number of carbonyl (C=O) groups excluding carboxylic acids is 8. The van der Waals surface area contributed by atoms with Gasteiger partial charge in [0.25, 0.3) is 0 Å². The van der Waals surface area contributed by atoms with Gasteiger partial charge in [-0.25, -0.2) is 9.59 Å². The Hall–Kier alpha value is -11.1. The van der Waals surface area contributed by atoms with Gasteiger partial charge in [0.1, 0.15) is 108 Å². The highest BCUT2D eigenvalue weighted by molar-refractivity contribution is 6.32. The molecule has 6 aromatic carbocycles. The smallest absolute Gasteiger partial charge is 0.330 e. The molecule has 39 heteroatoms. The number of urea groups is 1. The first-order chi connectivity index (χ1) is 57.0. The van der Waals surface area contributed by atoms with Crippen LogP contribution in [-0.4, -0.2) is 227 Å². The number of likely N-dealkylation sites (N-methyl/N-ethyl adjacent to an activating group) is 3. The zero-order chi connectivity index (χ0) is 87.0. The number of nitrogens with two attached hydrogens (primary N) is 2. The van der Waals surface area contributed by atoms with Crippen LogP contribution in [0.25, 0.3) is 11.1 Å². The third kappa shape index (κ3) is 20.7. The maximum atomic E-state index is 16.5. The maximum absolute atomic E-state index is 16.5. The van der Waals surface area contributed by atoms with Gasteiger partial charge in [0.05, 0.1) is 29.7 Å². The van der Waals surface area contributed by atoms with Crippen LogP contribution in [0.1, 0.15) is 116 Å². The summed E-state index contributed by atoms with van der Waals surface area (Å²) in [5.74, 6) is -13.7. The third-order valence-corrected chi connectivity index (χ3v) is 21.2. The van der Waals surface area contributed by atoms with Crippen molar-refractivity contribution < 1.29 is 122 Å². The number of anilines is 1. The van der Waals surface area contributed by atoms with Crippen molar-refractivity contribution in [2.75, 3.05) is 59.3 Å². The van der Waals surface area contributed by atoms with E-state index in [0.717, 1.165) is 36.4 Å². The molecule has 120 heavy (non-hydrogen) atoms. The normalized spacial score (nSPS) is 26.5. The van der Waals surface area contributed by atoms with E-state index in [1.807, 2.05) is 13.8 Å². The van der Waals surface area contributed by atoms with Crippen LogP contribution in [0.15, 0.2) is 97.1 Å². The molecule has 0 aliphatic carbocycles. The van der Waals surface area contributed by atoms with Crippen molar-refractivity contribution in [3.63, 3.8) is 0 Å². The van der Waals surface area contributed by atoms with E-state index < -0.39 is 215 Å².